The molecule has 2 atom stereocenters. The Balaban J connectivity index is 1.55. The van der Waals surface area contributed by atoms with Gasteiger partial charge in [0, 0.05) is 47.0 Å². The number of ether oxygens (including phenoxy) is 2. The van der Waals surface area contributed by atoms with Gasteiger partial charge in [-0.25, -0.2) is 0 Å². The summed E-state index contributed by atoms with van der Waals surface area (Å²) in [6, 6.07) is 27.5. The minimum absolute atomic E-state index is 0.193. The zero-order valence-electron chi connectivity index (χ0n) is 18.3. The fourth-order valence-electron chi connectivity index (χ4n) is 4.96. The van der Waals surface area contributed by atoms with Crippen LogP contribution in [0, 0.1) is 0 Å². The van der Waals surface area contributed by atoms with Gasteiger partial charge in [0.15, 0.2) is 0 Å². The standard InChI is InChI=1S/C29H25NO2/c1-19(2)20-10-12-27-24(15-20)26-17-29(31-27,23-8-4-3-5-9-23)32-28-13-11-21(16-25(26)28)22-7-6-14-30-18-22/h3-16,18-19,26H,17H2,1-2H3/t26-,29-/m1/s1. The number of pyridine rings is 1. The molecule has 2 bridgehead atoms. The van der Waals surface area contributed by atoms with Crippen LogP contribution in [0.1, 0.15) is 54.4 Å². The van der Waals surface area contributed by atoms with Gasteiger partial charge in [-0.05, 0) is 41.3 Å². The predicted octanol–water partition coefficient (Wildman–Crippen LogP) is 7.03. The average Bonchev–Trinajstić information content (AvgIpc) is 2.84. The number of hydrogen-bond donors (Lipinski definition) is 0. The maximum absolute atomic E-state index is 6.66. The van der Waals surface area contributed by atoms with Crippen LogP contribution >= 0.6 is 0 Å². The predicted molar refractivity (Wildman–Crippen MR) is 126 cm³/mol. The Morgan fingerprint density at radius 3 is 2.28 bits per heavy atom. The molecule has 32 heavy (non-hydrogen) atoms. The van der Waals surface area contributed by atoms with Crippen molar-refractivity contribution in [2.45, 2.75) is 37.9 Å². The number of rotatable bonds is 3. The van der Waals surface area contributed by atoms with Crippen molar-refractivity contribution < 1.29 is 9.47 Å². The van der Waals surface area contributed by atoms with Crippen LogP contribution in [0.2, 0.25) is 0 Å². The van der Waals surface area contributed by atoms with Crippen LogP contribution in [0.25, 0.3) is 11.1 Å². The van der Waals surface area contributed by atoms with Gasteiger partial charge in [-0.15, -0.1) is 0 Å². The Bertz CT molecular complexity index is 1280. The minimum Gasteiger partial charge on any atom is -0.448 e. The van der Waals surface area contributed by atoms with E-state index in [-0.39, 0.29) is 5.92 Å². The summed E-state index contributed by atoms with van der Waals surface area (Å²) in [5, 5.41) is 0. The van der Waals surface area contributed by atoms with Gasteiger partial charge < -0.3 is 9.47 Å². The van der Waals surface area contributed by atoms with Crippen molar-refractivity contribution in [1.29, 1.82) is 0 Å². The average molecular weight is 420 g/mol. The van der Waals surface area contributed by atoms with E-state index in [1.165, 1.54) is 16.7 Å². The molecule has 0 aliphatic carbocycles. The van der Waals surface area contributed by atoms with E-state index in [4.69, 9.17) is 9.47 Å². The number of fused-ring (bicyclic) bond motifs is 6. The second kappa shape index (κ2) is 7.23. The zero-order chi connectivity index (χ0) is 21.7. The molecule has 2 aliphatic rings. The first-order valence-electron chi connectivity index (χ1n) is 11.2. The minimum atomic E-state index is -0.818. The van der Waals surface area contributed by atoms with Crippen LogP contribution in [0.3, 0.4) is 0 Å². The highest BCUT2D eigenvalue weighted by Gasteiger charge is 2.49. The number of hydrogen-bond acceptors (Lipinski definition) is 3. The van der Waals surface area contributed by atoms with E-state index in [9.17, 15) is 0 Å². The second-order valence-electron chi connectivity index (χ2n) is 9.03. The number of nitrogens with zero attached hydrogens (tertiary/aromatic N) is 1. The van der Waals surface area contributed by atoms with Crippen LogP contribution in [-0.2, 0) is 5.79 Å². The summed E-state index contributed by atoms with van der Waals surface area (Å²) in [5.41, 5.74) is 7.10. The van der Waals surface area contributed by atoms with E-state index in [2.05, 4.69) is 73.4 Å². The summed E-state index contributed by atoms with van der Waals surface area (Å²) in [4.78, 5) is 4.30. The number of benzene rings is 3. The van der Waals surface area contributed by atoms with Crippen molar-refractivity contribution in [2.24, 2.45) is 0 Å². The molecule has 1 aromatic heterocycles. The highest BCUT2D eigenvalue weighted by Crippen LogP contribution is 2.55. The normalized spacial score (nSPS) is 20.7. The quantitative estimate of drug-likeness (QED) is 0.357. The van der Waals surface area contributed by atoms with Crippen LogP contribution in [0.5, 0.6) is 11.5 Å². The summed E-state index contributed by atoms with van der Waals surface area (Å²) in [6.07, 6.45) is 4.46. The molecule has 2 aliphatic heterocycles. The van der Waals surface area contributed by atoms with E-state index in [0.717, 1.165) is 34.6 Å². The molecule has 0 radical (unpaired) electrons. The van der Waals surface area contributed by atoms with E-state index in [1.807, 2.05) is 30.5 Å². The van der Waals surface area contributed by atoms with E-state index < -0.39 is 5.79 Å². The lowest BCUT2D eigenvalue weighted by Gasteiger charge is -2.46. The highest BCUT2D eigenvalue weighted by molar-refractivity contribution is 5.67. The number of aromatic nitrogens is 1. The van der Waals surface area contributed by atoms with E-state index in [1.54, 1.807) is 6.20 Å². The van der Waals surface area contributed by atoms with Gasteiger partial charge in [0.1, 0.15) is 11.5 Å². The lowest BCUT2D eigenvalue weighted by molar-refractivity contribution is -0.148. The van der Waals surface area contributed by atoms with Crippen molar-refractivity contribution in [1.82, 2.24) is 4.98 Å². The molecule has 4 aromatic rings. The molecule has 0 saturated heterocycles. The summed E-state index contributed by atoms with van der Waals surface area (Å²) < 4.78 is 13.3. The molecule has 158 valence electrons. The third kappa shape index (κ3) is 3.00. The lowest BCUT2D eigenvalue weighted by Crippen LogP contribution is -2.46. The van der Waals surface area contributed by atoms with E-state index >= 15 is 0 Å². The van der Waals surface area contributed by atoms with Crippen LogP contribution in [0.4, 0.5) is 0 Å². The van der Waals surface area contributed by atoms with Crippen molar-refractivity contribution in [3.8, 4) is 22.6 Å². The molecule has 6 rings (SSSR count). The second-order valence-corrected chi connectivity index (χ2v) is 9.03. The Labute approximate surface area is 188 Å². The van der Waals surface area contributed by atoms with Gasteiger partial charge in [0.2, 0.25) is 0 Å². The molecule has 0 amide bonds. The van der Waals surface area contributed by atoms with Crippen molar-refractivity contribution >= 4 is 0 Å². The van der Waals surface area contributed by atoms with Gasteiger partial charge in [0.05, 0.1) is 0 Å². The lowest BCUT2D eigenvalue weighted by atomic mass is 9.77. The molecule has 3 aromatic carbocycles. The Hall–Kier alpha value is -3.59. The molecule has 3 heterocycles. The third-order valence-corrected chi connectivity index (χ3v) is 6.69. The zero-order valence-corrected chi connectivity index (χ0v) is 18.3. The molecule has 0 spiro atoms. The first-order valence-corrected chi connectivity index (χ1v) is 11.2. The molecule has 0 N–H and O–H groups in total. The Kier molecular flexibility index (Phi) is 4.32. The molecule has 0 fully saturated rings. The van der Waals surface area contributed by atoms with Crippen molar-refractivity contribution in [3.05, 3.63) is 114 Å². The summed E-state index contributed by atoms with van der Waals surface area (Å²) in [7, 11) is 0. The first-order chi connectivity index (χ1) is 15.6. The monoisotopic (exact) mass is 419 g/mol. The van der Waals surface area contributed by atoms with E-state index in [0.29, 0.717) is 5.92 Å². The molecular weight excluding hydrogens is 394 g/mol. The third-order valence-electron chi connectivity index (χ3n) is 6.69. The van der Waals surface area contributed by atoms with Crippen LogP contribution < -0.4 is 9.47 Å². The molecule has 3 nitrogen and oxygen atoms in total. The maximum Gasteiger partial charge on any atom is 0.278 e. The van der Waals surface area contributed by atoms with Gasteiger partial charge >= 0.3 is 0 Å². The van der Waals surface area contributed by atoms with Crippen molar-refractivity contribution in [2.75, 3.05) is 0 Å². The van der Waals surface area contributed by atoms with Gasteiger partial charge in [-0.1, -0.05) is 68.4 Å². The summed E-state index contributed by atoms with van der Waals surface area (Å²) >= 11 is 0. The van der Waals surface area contributed by atoms with Crippen LogP contribution in [-0.4, -0.2) is 4.98 Å². The molecule has 0 unspecified atom stereocenters. The smallest absolute Gasteiger partial charge is 0.278 e. The summed E-state index contributed by atoms with van der Waals surface area (Å²) in [6.45, 7) is 4.47. The topological polar surface area (TPSA) is 31.4 Å². The fraction of sp³-hybridized carbons (Fsp3) is 0.207. The summed E-state index contributed by atoms with van der Waals surface area (Å²) in [5.74, 6) is 1.63. The Morgan fingerprint density at radius 2 is 1.56 bits per heavy atom. The Morgan fingerprint density at radius 1 is 0.812 bits per heavy atom. The first kappa shape index (κ1) is 19.1. The SMILES string of the molecule is CC(C)c1ccc2c(c1)[C@H]1C[C@](c3ccccc3)(Oc3ccc(-c4cccnc4)cc31)O2. The highest BCUT2D eigenvalue weighted by atomic mass is 16.7. The molecule has 3 heteroatoms. The van der Waals surface area contributed by atoms with Gasteiger partial charge in [-0.2, -0.15) is 0 Å². The molecular formula is C29H25NO2. The molecule has 0 saturated carbocycles. The van der Waals surface area contributed by atoms with Crippen molar-refractivity contribution in [3.63, 3.8) is 0 Å². The fourth-order valence-corrected chi connectivity index (χ4v) is 4.96. The maximum atomic E-state index is 6.66. The largest absolute Gasteiger partial charge is 0.448 e. The van der Waals surface area contributed by atoms with Gasteiger partial charge in [-0.3, -0.25) is 4.98 Å². The van der Waals surface area contributed by atoms with Gasteiger partial charge in [0.25, 0.3) is 5.79 Å². The van der Waals surface area contributed by atoms with Crippen LogP contribution in [0.15, 0.2) is 91.3 Å².